The van der Waals surface area contributed by atoms with Crippen molar-refractivity contribution in [1.29, 1.82) is 0 Å². The SMILES string of the molecule is FC(F)n1cc(I)c(Cl)n1. The molecule has 0 saturated carbocycles. The monoisotopic (exact) mass is 278 g/mol. The number of rotatable bonds is 1. The van der Waals surface area contributed by atoms with Gasteiger partial charge >= 0.3 is 6.55 Å². The minimum absolute atomic E-state index is 0.112. The van der Waals surface area contributed by atoms with E-state index in [1.54, 1.807) is 0 Å². The van der Waals surface area contributed by atoms with Crippen molar-refractivity contribution >= 4 is 34.2 Å². The molecule has 0 bridgehead atoms. The van der Waals surface area contributed by atoms with E-state index in [4.69, 9.17) is 11.6 Å². The first-order chi connectivity index (χ1) is 4.61. The predicted molar refractivity (Wildman–Crippen MR) is 41.2 cm³/mol. The standard InChI is InChI=1S/C4H2ClF2IN2/c5-3-2(8)1-10(9-3)4(6)7/h1,4H. The lowest BCUT2D eigenvalue weighted by Gasteiger charge is -1.93. The highest BCUT2D eigenvalue weighted by Gasteiger charge is 2.09. The van der Waals surface area contributed by atoms with E-state index in [1.165, 1.54) is 6.20 Å². The molecule has 1 aromatic rings. The summed E-state index contributed by atoms with van der Waals surface area (Å²) in [5, 5.41) is 3.45. The molecule has 56 valence electrons. The van der Waals surface area contributed by atoms with E-state index < -0.39 is 6.55 Å². The molecule has 0 aliphatic rings. The maximum atomic E-state index is 11.8. The Balaban J connectivity index is 2.98. The molecule has 1 rings (SSSR count). The maximum absolute atomic E-state index is 11.8. The Morgan fingerprint density at radius 2 is 2.30 bits per heavy atom. The Morgan fingerprint density at radius 1 is 1.70 bits per heavy atom. The number of nitrogens with zero attached hydrogens (tertiary/aromatic N) is 2. The molecule has 0 aromatic carbocycles. The summed E-state index contributed by atoms with van der Waals surface area (Å²) in [6, 6.07) is 0. The Labute approximate surface area is 74.3 Å². The Kier molecular flexibility index (Phi) is 2.45. The minimum atomic E-state index is -2.61. The molecule has 0 N–H and O–H groups in total. The van der Waals surface area contributed by atoms with Crippen LogP contribution in [0.1, 0.15) is 6.55 Å². The van der Waals surface area contributed by atoms with Crippen molar-refractivity contribution in [2.75, 3.05) is 0 Å². The third-order valence-corrected chi connectivity index (χ3v) is 2.23. The van der Waals surface area contributed by atoms with Gasteiger partial charge in [-0.2, -0.15) is 13.9 Å². The molecule has 10 heavy (non-hydrogen) atoms. The fourth-order valence-electron chi connectivity index (χ4n) is 0.447. The molecule has 0 amide bonds. The number of hydrogen-bond acceptors (Lipinski definition) is 1. The summed E-state index contributed by atoms with van der Waals surface area (Å²) in [6.45, 7) is -2.61. The van der Waals surface area contributed by atoms with Gasteiger partial charge in [0.2, 0.25) is 0 Å². The molecule has 0 spiro atoms. The molecule has 1 aromatic heterocycles. The second-order valence-corrected chi connectivity index (χ2v) is 3.05. The zero-order chi connectivity index (χ0) is 7.72. The number of alkyl halides is 2. The van der Waals surface area contributed by atoms with E-state index in [-0.39, 0.29) is 5.15 Å². The van der Waals surface area contributed by atoms with E-state index >= 15 is 0 Å². The summed E-state index contributed by atoms with van der Waals surface area (Å²) >= 11 is 7.23. The minimum Gasteiger partial charge on any atom is -0.209 e. The average Bonchev–Trinajstić information content (AvgIpc) is 2.13. The molecule has 0 aliphatic carbocycles. The zero-order valence-electron chi connectivity index (χ0n) is 4.56. The van der Waals surface area contributed by atoms with Gasteiger partial charge in [-0.15, -0.1) is 0 Å². The zero-order valence-corrected chi connectivity index (χ0v) is 7.47. The lowest BCUT2D eigenvalue weighted by Crippen LogP contribution is -1.97. The topological polar surface area (TPSA) is 17.8 Å². The van der Waals surface area contributed by atoms with Crippen LogP contribution >= 0.6 is 34.2 Å². The summed E-state index contributed by atoms with van der Waals surface area (Å²) in [6.07, 6.45) is 1.19. The smallest absolute Gasteiger partial charge is 0.209 e. The van der Waals surface area contributed by atoms with Gasteiger partial charge in [-0.25, -0.2) is 4.68 Å². The molecule has 0 unspecified atom stereocenters. The van der Waals surface area contributed by atoms with Crippen LogP contribution in [0.3, 0.4) is 0 Å². The lowest BCUT2D eigenvalue weighted by atomic mass is 10.7. The van der Waals surface area contributed by atoms with Gasteiger partial charge in [-0.3, -0.25) is 0 Å². The first-order valence-electron chi connectivity index (χ1n) is 2.29. The quantitative estimate of drug-likeness (QED) is 0.722. The van der Waals surface area contributed by atoms with Crippen molar-refractivity contribution in [3.05, 3.63) is 14.9 Å². The largest absolute Gasteiger partial charge is 0.333 e. The molecule has 0 fully saturated rings. The van der Waals surface area contributed by atoms with Crippen LogP contribution in [-0.4, -0.2) is 9.78 Å². The highest BCUT2D eigenvalue weighted by molar-refractivity contribution is 14.1. The van der Waals surface area contributed by atoms with Crippen LogP contribution in [0.5, 0.6) is 0 Å². The molecule has 1 heterocycles. The van der Waals surface area contributed by atoms with Crippen molar-refractivity contribution in [3.63, 3.8) is 0 Å². The molecule has 0 atom stereocenters. The van der Waals surface area contributed by atoms with Gasteiger partial charge in [0, 0.05) is 6.20 Å². The normalized spacial score (nSPS) is 10.9. The average molecular weight is 278 g/mol. The van der Waals surface area contributed by atoms with Gasteiger partial charge in [0.1, 0.15) is 0 Å². The van der Waals surface area contributed by atoms with Crippen molar-refractivity contribution < 1.29 is 8.78 Å². The summed E-state index contributed by atoms with van der Waals surface area (Å²) in [5.41, 5.74) is 0. The first kappa shape index (κ1) is 8.19. The predicted octanol–water partition coefficient (Wildman–Crippen LogP) is 2.54. The third kappa shape index (κ3) is 1.57. The van der Waals surface area contributed by atoms with E-state index in [1.807, 2.05) is 22.6 Å². The fraction of sp³-hybridized carbons (Fsp3) is 0.250. The van der Waals surface area contributed by atoms with Gasteiger partial charge < -0.3 is 0 Å². The van der Waals surface area contributed by atoms with Crippen molar-refractivity contribution in [2.24, 2.45) is 0 Å². The molecule has 0 saturated heterocycles. The van der Waals surface area contributed by atoms with Gasteiger partial charge in [-0.1, -0.05) is 11.6 Å². The molecular weight excluding hydrogens is 276 g/mol. The number of aromatic nitrogens is 2. The van der Waals surface area contributed by atoms with Crippen molar-refractivity contribution in [2.45, 2.75) is 6.55 Å². The van der Waals surface area contributed by atoms with Crippen LogP contribution < -0.4 is 0 Å². The lowest BCUT2D eigenvalue weighted by molar-refractivity contribution is 0.0566. The highest BCUT2D eigenvalue weighted by atomic mass is 127. The van der Waals surface area contributed by atoms with Crippen LogP contribution in [-0.2, 0) is 0 Å². The van der Waals surface area contributed by atoms with Crippen LogP contribution in [0.15, 0.2) is 6.20 Å². The van der Waals surface area contributed by atoms with Crippen molar-refractivity contribution in [3.8, 4) is 0 Å². The Bertz CT molecular complexity index is 218. The molecule has 2 nitrogen and oxygen atoms in total. The fourth-order valence-corrected chi connectivity index (χ4v) is 0.977. The molecule has 6 heteroatoms. The van der Waals surface area contributed by atoms with Crippen LogP contribution in [0.2, 0.25) is 5.15 Å². The van der Waals surface area contributed by atoms with Gasteiger partial charge in [-0.05, 0) is 22.6 Å². The van der Waals surface area contributed by atoms with E-state index in [2.05, 4.69) is 5.10 Å². The molecule has 0 aliphatic heterocycles. The van der Waals surface area contributed by atoms with Crippen LogP contribution in [0.25, 0.3) is 0 Å². The first-order valence-corrected chi connectivity index (χ1v) is 3.75. The second-order valence-electron chi connectivity index (χ2n) is 1.53. The molecule has 0 radical (unpaired) electrons. The van der Waals surface area contributed by atoms with Gasteiger partial charge in [0.25, 0.3) is 0 Å². The third-order valence-electron chi connectivity index (χ3n) is 0.846. The van der Waals surface area contributed by atoms with Gasteiger partial charge in [0.15, 0.2) is 5.15 Å². The van der Waals surface area contributed by atoms with Crippen LogP contribution in [0, 0.1) is 3.57 Å². The van der Waals surface area contributed by atoms with Gasteiger partial charge in [0.05, 0.1) is 3.57 Å². The van der Waals surface area contributed by atoms with E-state index in [0.29, 0.717) is 8.25 Å². The number of hydrogen-bond donors (Lipinski definition) is 0. The maximum Gasteiger partial charge on any atom is 0.333 e. The van der Waals surface area contributed by atoms with E-state index in [0.717, 1.165) is 0 Å². The summed E-state index contributed by atoms with van der Waals surface area (Å²) in [4.78, 5) is 0. The Hall–Kier alpha value is 0.0900. The van der Waals surface area contributed by atoms with Crippen molar-refractivity contribution in [1.82, 2.24) is 9.78 Å². The summed E-state index contributed by atoms with van der Waals surface area (Å²) in [5.74, 6) is 0. The Morgan fingerprint density at radius 3 is 2.50 bits per heavy atom. The summed E-state index contributed by atoms with van der Waals surface area (Å²) < 4.78 is 24.6. The molecular formula is C4H2ClF2IN2. The summed E-state index contributed by atoms with van der Waals surface area (Å²) in [7, 11) is 0. The van der Waals surface area contributed by atoms with Crippen LogP contribution in [0.4, 0.5) is 8.78 Å². The number of halogens is 4. The highest BCUT2D eigenvalue weighted by Crippen LogP contribution is 2.18. The van der Waals surface area contributed by atoms with E-state index in [9.17, 15) is 8.78 Å². The second kappa shape index (κ2) is 3.00.